The Labute approximate surface area is 428 Å². The van der Waals surface area contributed by atoms with Crippen molar-refractivity contribution < 1.29 is 60.1 Å². The van der Waals surface area contributed by atoms with Gasteiger partial charge in [-0.2, -0.15) is 0 Å². The maximum Gasteiger partial charge on any atom is 0.502 e. The second kappa shape index (κ2) is 36.6. The second-order valence-corrected chi connectivity index (χ2v) is 23.3. The number of hydrogen-bond donors (Lipinski definition) is 12. The monoisotopic (exact) mass is 1060 g/mol. The van der Waals surface area contributed by atoms with Crippen LogP contribution in [0.2, 0.25) is 12.1 Å². The van der Waals surface area contributed by atoms with Gasteiger partial charge in [-0.05, 0) is 53.6 Å². The zero-order valence-corrected chi connectivity index (χ0v) is 45.6. The molecule has 4 saturated heterocycles. The van der Waals surface area contributed by atoms with Crippen molar-refractivity contribution in [3.63, 3.8) is 0 Å². The van der Waals surface area contributed by atoms with Crippen LogP contribution in [0.4, 0.5) is 0 Å². The number of fused-ring (bicyclic) bond motifs is 4. The second-order valence-electron chi connectivity index (χ2n) is 18.1. The first kappa shape index (κ1) is 63.0. The minimum atomic E-state index is -2.46. The van der Waals surface area contributed by atoms with E-state index in [9.17, 15) is 28.8 Å². The number of carbonyl (C=O) groups excluding carboxylic acids is 6. The van der Waals surface area contributed by atoms with Gasteiger partial charge >= 0.3 is 23.6 Å². The van der Waals surface area contributed by atoms with Crippen molar-refractivity contribution in [2.75, 3.05) is 125 Å². The van der Waals surface area contributed by atoms with Gasteiger partial charge in [0, 0.05) is 149 Å². The minimum Gasteiger partial charge on any atom is -0.469 e. The minimum absolute atomic E-state index is 0.00297. The number of esters is 1. The summed E-state index contributed by atoms with van der Waals surface area (Å²) in [6.45, 7) is 18.5. The fraction of sp³-hybridized carbons (Fsp3) is 0.867. The molecule has 0 spiro atoms. The van der Waals surface area contributed by atoms with Gasteiger partial charge in [0.15, 0.2) is 0 Å². The van der Waals surface area contributed by atoms with Crippen LogP contribution < -0.4 is 64.2 Å². The molecule has 4 heterocycles. The van der Waals surface area contributed by atoms with E-state index in [0.717, 1.165) is 38.0 Å². The Morgan fingerprint density at radius 3 is 0.944 bits per heavy atom. The fourth-order valence-corrected chi connectivity index (χ4v) is 14.9. The molecule has 0 saturated carbocycles. The van der Waals surface area contributed by atoms with E-state index in [-0.39, 0.29) is 72.1 Å². The van der Waals surface area contributed by atoms with Crippen molar-refractivity contribution in [1.29, 1.82) is 0 Å². The average Bonchev–Trinajstić information content (AvgIpc) is 4.07. The number of methoxy groups -OCH3 is 1. The van der Waals surface area contributed by atoms with Gasteiger partial charge in [0.1, 0.15) is 0 Å². The molecule has 0 aromatic heterocycles. The highest BCUT2D eigenvalue weighted by atomic mass is 28.4. The topological polar surface area (TPSA) is 325 Å². The highest BCUT2D eigenvalue weighted by Gasteiger charge is 2.61. The molecule has 72 heavy (non-hydrogen) atoms. The predicted octanol–water partition coefficient (Wildman–Crippen LogP) is -3.33. The van der Waals surface area contributed by atoms with Crippen LogP contribution >= 0.6 is 0 Å². The van der Waals surface area contributed by atoms with Crippen molar-refractivity contribution >= 4 is 53.1 Å². The van der Waals surface area contributed by atoms with Crippen molar-refractivity contribution in [2.45, 2.75) is 128 Å². The number of amides is 5. The predicted molar refractivity (Wildman–Crippen MR) is 273 cm³/mol. The molecule has 0 aromatic rings. The van der Waals surface area contributed by atoms with Gasteiger partial charge in [-0.25, -0.2) is 0 Å². The molecule has 4 rings (SSSR count). The molecular weight excluding hydrogens is 973 g/mol. The smallest absolute Gasteiger partial charge is 0.469 e. The van der Waals surface area contributed by atoms with Crippen LogP contribution in [-0.4, -0.2) is 215 Å². The molecule has 0 aromatic carbocycles. The van der Waals surface area contributed by atoms with Crippen molar-refractivity contribution in [3.8, 4) is 0 Å². The molecule has 416 valence electrons. The van der Waals surface area contributed by atoms with Crippen LogP contribution in [-0.2, 0) is 60.1 Å². The van der Waals surface area contributed by atoms with Crippen molar-refractivity contribution in [3.05, 3.63) is 0 Å². The third kappa shape index (κ3) is 26.3. The van der Waals surface area contributed by atoms with Crippen LogP contribution in [0.3, 0.4) is 0 Å². The van der Waals surface area contributed by atoms with Crippen molar-refractivity contribution in [2.24, 2.45) is 5.73 Å². The Morgan fingerprint density at radius 2 is 0.667 bits per heavy atom. The zero-order valence-electron chi connectivity index (χ0n) is 43.6. The van der Waals surface area contributed by atoms with E-state index in [0.29, 0.717) is 143 Å². The summed E-state index contributed by atoms with van der Waals surface area (Å²) >= 11 is 0. The van der Waals surface area contributed by atoms with Gasteiger partial charge in [0.25, 0.3) is 0 Å². The Bertz CT molecular complexity index is 1580. The number of hydrogen-bond acceptors (Lipinski definition) is 20. The average molecular weight is 1060 g/mol. The van der Waals surface area contributed by atoms with Crippen LogP contribution in [0.1, 0.15) is 79.1 Å². The lowest BCUT2D eigenvalue weighted by Crippen LogP contribution is -2.44. The quantitative estimate of drug-likeness (QED) is 0.0162. The lowest BCUT2D eigenvalue weighted by atomic mass is 10.1. The fourth-order valence-electron chi connectivity index (χ4n) is 8.21. The largest absolute Gasteiger partial charge is 0.502 e. The number of nitrogens with one attached hydrogen (secondary N) is 11. The van der Waals surface area contributed by atoms with Crippen LogP contribution in [0.5, 0.6) is 0 Å². The summed E-state index contributed by atoms with van der Waals surface area (Å²) in [5.41, 5.74) is 5.32. The molecule has 25 nitrogen and oxygen atoms in total. The molecule has 13 N–H and O–H groups in total. The Morgan fingerprint density at radius 1 is 0.389 bits per heavy atom. The van der Waals surface area contributed by atoms with Crippen LogP contribution in [0.25, 0.3) is 0 Å². The maximum absolute atomic E-state index is 11.9. The molecule has 4 aliphatic rings. The van der Waals surface area contributed by atoms with E-state index in [1.165, 1.54) is 7.11 Å². The Hall–Kier alpha value is -3.27. The summed E-state index contributed by atoms with van der Waals surface area (Å²) in [5.74, 6) is -0.385. The Balaban J connectivity index is 0.000000381. The first-order valence-corrected chi connectivity index (χ1v) is 30.0. The number of carbonyl (C=O) groups is 6. The lowest BCUT2D eigenvalue weighted by molar-refractivity contribution is -0.140. The molecule has 4 fully saturated rings. The molecule has 0 radical (unpaired) electrons. The summed E-state index contributed by atoms with van der Waals surface area (Å²) in [4.78, 5) is 69.8. The summed E-state index contributed by atoms with van der Waals surface area (Å²) in [6, 6.07) is 1.60. The first-order chi connectivity index (χ1) is 34.7. The third-order valence-corrected chi connectivity index (χ3v) is 18.1. The standard InChI is InChI=1S/C23H47N7O6Si.C22H43N5O7Si/c1-18-23-19(2)35-37(34-18,36-23)17-3-8-25-9-4-21(32)29-15-14-27-11-6-22(33)30-16-13-26-10-5-20(31)28-12-7-24;1-17-22-18(2)33-35(32-17,34-22)16-4-8-23-9-5-19(28)26-14-12-24-10-6-20(29)27-15-13-25-11-7-21(30)31-3/h18-19,23,25-27H,3-17,24H2,1-2H3,(H,28,31)(H,29,32)(H,30,33);17-18,22-25H,4-16H2,1-3H3,(H,26,28)(H,27,29). The van der Waals surface area contributed by atoms with E-state index in [4.69, 9.17) is 32.3 Å². The van der Waals surface area contributed by atoms with E-state index >= 15 is 0 Å². The normalized spacial score (nSPS) is 24.6. The van der Waals surface area contributed by atoms with E-state index in [1.54, 1.807) is 0 Å². The molecule has 4 bridgehead atoms. The number of rotatable bonds is 40. The van der Waals surface area contributed by atoms with Gasteiger partial charge in [-0.1, -0.05) is 0 Å². The summed E-state index contributed by atoms with van der Waals surface area (Å²) < 4.78 is 40.4. The molecular formula is C45H90N12O13Si2. The molecule has 0 aliphatic carbocycles. The van der Waals surface area contributed by atoms with Gasteiger partial charge in [-0.15, -0.1) is 0 Å². The highest BCUT2D eigenvalue weighted by Crippen LogP contribution is 2.41. The molecule has 27 heteroatoms. The van der Waals surface area contributed by atoms with E-state index in [2.05, 4.69) is 63.2 Å². The summed E-state index contributed by atoms with van der Waals surface area (Å²) in [5, 5.41) is 33.1. The van der Waals surface area contributed by atoms with E-state index < -0.39 is 17.6 Å². The number of ether oxygens (including phenoxy) is 1. The zero-order chi connectivity index (χ0) is 52.5. The Kier molecular flexibility index (Phi) is 32.1. The first-order valence-electron chi connectivity index (χ1n) is 26.1. The molecule has 4 aliphatic heterocycles. The van der Waals surface area contributed by atoms with Crippen molar-refractivity contribution in [1.82, 2.24) is 58.5 Å². The van der Waals surface area contributed by atoms with Gasteiger partial charge in [-0.3, -0.25) is 28.8 Å². The van der Waals surface area contributed by atoms with E-state index in [1.807, 2.05) is 27.7 Å². The maximum atomic E-state index is 11.9. The third-order valence-electron chi connectivity index (χ3n) is 12.0. The summed E-state index contributed by atoms with van der Waals surface area (Å²) in [7, 11) is -3.57. The molecule has 4 unspecified atom stereocenters. The number of nitrogens with two attached hydrogens (primary N) is 1. The van der Waals surface area contributed by atoms with Gasteiger partial charge < -0.3 is 95.5 Å². The summed E-state index contributed by atoms with van der Waals surface area (Å²) in [6.07, 6.45) is 4.65. The SMILES string of the molecule is CC1O[Si]2(CCCNCCC(=O)NCCNCCC(=O)NCCNCCC(=O)NCCN)OC(C)C1O2.COC(=O)CCNCCNC(=O)CCNCCNC(=O)CCNCCC[Si]12OC(C)C(O1)C(C)O2. The van der Waals surface area contributed by atoms with Gasteiger partial charge in [0.05, 0.1) is 50.2 Å². The molecule has 5 amide bonds. The highest BCUT2D eigenvalue weighted by molar-refractivity contribution is 6.62. The van der Waals surface area contributed by atoms with Gasteiger partial charge in [0.2, 0.25) is 29.5 Å². The lowest BCUT2D eigenvalue weighted by Gasteiger charge is -2.26. The van der Waals surface area contributed by atoms with Crippen LogP contribution in [0.15, 0.2) is 0 Å². The van der Waals surface area contributed by atoms with Crippen LogP contribution in [0, 0.1) is 0 Å². The molecule has 4 atom stereocenters.